The van der Waals surface area contributed by atoms with Crippen LogP contribution in [0.1, 0.15) is 36.8 Å². The molecule has 32 heavy (non-hydrogen) atoms. The van der Waals surface area contributed by atoms with E-state index in [0.717, 1.165) is 42.3 Å². The van der Waals surface area contributed by atoms with Crippen LogP contribution >= 0.6 is 0 Å². The van der Waals surface area contributed by atoms with Crippen molar-refractivity contribution < 1.29 is 9.53 Å². The van der Waals surface area contributed by atoms with Crippen LogP contribution < -0.4 is 5.32 Å². The number of anilines is 1. The molecule has 1 N–H and O–H groups in total. The van der Waals surface area contributed by atoms with Crippen LogP contribution in [0.15, 0.2) is 73.3 Å². The maximum absolute atomic E-state index is 12.9. The molecule has 2 aromatic carbocycles. The first-order chi connectivity index (χ1) is 15.7. The molecule has 1 saturated carbocycles. The largest absolute Gasteiger partial charge is 0.366 e. The van der Waals surface area contributed by atoms with Gasteiger partial charge in [-0.15, -0.1) is 0 Å². The summed E-state index contributed by atoms with van der Waals surface area (Å²) in [4.78, 5) is 21.8. The van der Waals surface area contributed by atoms with Crippen LogP contribution in [0.25, 0.3) is 16.6 Å². The molecule has 4 aromatic rings. The van der Waals surface area contributed by atoms with Crippen molar-refractivity contribution in [3.05, 3.63) is 84.4 Å². The van der Waals surface area contributed by atoms with E-state index in [0.29, 0.717) is 12.4 Å². The van der Waals surface area contributed by atoms with Gasteiger partial charge >= 0.3 is 0 Å². The number of carbonyl (C=O) groups is 1. The molecular weight excluding hydrogens is 400 g/mol. The smallest absolute Gasteiger partial charge is 0.228 e. The minimum Gasteiger partial charge on any atom is -0.366 e. The van der Waals surface area contributed by atoms with E-state index < -0.39 is 0 Å². The Labute approximate surface area is 186 Å². The van der Waals surface area contributed by atoms with Gasteiger partial charge in [-0.2, -0.15) is 0 Å². The van der Waals surface area contributed by atoms with Gasteiger partial charge < -0.3 is 14.6 Å². The molecular formula is C26H24N4O2. The number of hydrogen-bond acceptors (Lipinski definition) is 4. The lowest BCUT2D eigenvalue weighted by Crippen LogP contribution is -2.35. The molecule has 1 amide bonds. The van der Waals surface area contributed by atoms with Gasteiger partial charge in [-0.05, 0) is 48.9 Å². The van der Waals surface area contributed by atoms with E-state index in [4.69, 9.17) is 4.74 Å². The van der Waals surface area contributed by atoms with E-state index in [1.807, 2.05) is 41.2 Å². The van der Waals surface area contributed by atoms with Crippen molar-refractivity contribution in [1.82, 2.24) is 14.5 Å². The van der Waals surface area contributed by atoms with Crippen LogP contribution in [-0.4, -0.2) is 20.4 Å². The van der Waals surface area contributed by atoms with Gasteiger partial charge in [0.15, 0.2) is 5.82 Å². The summed E-state index contributed by atoms with van der Waals surface area (Å²) in [6.07, 6.45) is 8.74. The zero-order chi connectivity index (χ0) is 21.5. The first kappa shape index (κ1) is 19.2. The molecule has 0 bridgehead atoms. The molecule has 6 nitrogen and oxygen atoms in total. The van der Waals surface area contributed by atoms with Crippen molar-refractivity contribution in [2.45, 2.75) is 37.9 Å². The lowest BCUT2D eigenvalue weighted by Gasteiger charge is -2.36. The summed E-state index contributed by atoms with van der Waals surface area (Å²) in [7, 11) is 0. The quantitative estimate of drug-likeness (QED) is 0.504. The third-order valence-electron chi connectivity index (χ3n) is 6.88. The average molecular weight is 425 g/mol. The molecule has 6 rings (SSSR count). The summed E-state index contributed by atoms with van der Waals surface area (Å²) in [5.74, 6) is 0.573. The number of pyridine rings is 1. The molecule has 2 aliphatic rings. The number of amides is 1. The summed E-state index contributed by atoms with van der Waals surface area (Å²) in [5, 5.41) is 4.07. The highest BCUT2D eigenvalue weighted by Gasteiger charge is 2.44. The highest BCUT2D eigenvalue weighted by molar-refractivity contribution is 5.91. The topological polar surface area (TPSA) is 69.0 Å². The normalized spacial score (nSPS) is 22.2. The van der Waals surface area contributed by atoms with Crippen LogP contribution in [0, 0.1) is 5.92 Å². The molecule has 0 unspecified atom stereocenters. The number of ether oxygens (including phenoxy) is 1. The average Bonchev–Trinajstić information content (AvgIpc) is 3.45. The molecule has 2 aromatic heterocycles. The van der Waals surface area contributed by atoms with Gasteiger partial charge in [0.2, 0.25) is 5.91 Å². The molecule has 1 aliphatic carbocycles. The predicted molar refractivity (Wildman–Crippen MR) is 122 cm³/mol. The molecule has 1 aliphatic heterocycles. The van der Waals surface area contributed by atoms with E-state index in [1.54, 1.807) is 6.33 Å². The fourth-order valence-electron chi connectivity index (χ4n) is 5.10. The lowest BCUT2D eigenvalue weighted by atomic mass is 9.75. The van der Waals surface area contributed by atoms with Crippen LogP contribution in [-0.2, 0) is 21.7 Å². The standard InChI is InChI=1S/C26H24N4O2/c31-25(18-9-11-26(12-10-18)22-7-3-1-6-20(22)16-32-26)29-24-15-30(17-28-24)21-13-19-5-2-4-8-23(19)27-14-21/h1-8,13-15,17-18H,9-12,16H2,(H,29,31). The van der Waals surface area contributed by atoms with Crippen molar-refractivity contribution in [2.24, 2.45) is 5.92 Å². The lowest BCUT2D eigenvalue weighted by molar-refractivity contribution is -0.125. The Hall–Kier alpha value is -3.51. The predicted octanol–water partition coefficient (Wildman–Crippen LogP) is 4.97. The minimum atomic E-state index is -0.210. The van der Waals surface area contributed by atoms with Gasteiger partial charge in [-0.25, -0.2) is 4.98 Å². The third kappa shape index (κ3) is 3.28. The monoisotopic (exact) mass is 424 g/mol. The van der Waals surface area contributed by atoms with Gasteiger partial charge in [0.1, 0.15) is 6.33 Å². The highest BCUT2D eigenvalue weighted by Crippen LogP contribution is 2.48. The van der Waals surface area contributed by atoms with Crippen LogP contribution in [0.5, 0.6) is 0 Å². The van der Waals surface area contributed by atoms with E-state index in [1.165, 1.54) is 11.1 Å². The summed E-state index contributed by atoms with van der Waals surface area (Å²) in [6.45, 7) is 0.675. The van der Waals surface area contributed by atoms with Crippen molar-refractivity contribution >= 4 is 22.6 Å². The number of hydrogen-bond donors (Lipinski definition) is 1. The van der Waals surface area contributed by atoms with Crippen molar-refractivity contribution in [2.75, 3.05) is 5.32 Å². The highest BCUT2D eigenvalue weighted by atomic mass is 16.5. The number of rotatable bonds is 3. The molecule has 0 atom stereocenters. The van der Waals surface area contributed by atoms with Gasteiger partial charge in [0, 0.05) is 11.3 Å². The fourth-order valence-corrected chi connectivity index (χ4v) is 5.10. The van der Waals surface area contributed by atoms with Crippen molar-refractivity contribution in [1.29, 1.82) is 0 Å². The molecule has 3 heterocycles. The zero-order valence-corrected chi connectivity index (χ0v) is 17.7. The van der Waals surface area contributed by atoms with E-state index in [9.17, 15) is 4.79 Å². The maximum atomic E-state index is 12.9. The Kier molecular flexibility index (Phi) is 4.54. The first-order valence-electron chi connectivity index (χ1n) is 11.1. The van der Waals surface area contributed by atoms with E-state index >= 15 is 0 Å². The van der Waals surface area contributed by atoms with Crippen LogP contribution in [0.3, 0.4) is 0 Å². The molecule has 0 radical (unpaired) electrons. The summed E-state index contributed by atoms with van der Waals surface area (Å²) >= 11 is 0. The number of fused-ring (bicyclic) bond motifs is 3. The van der Waals surface area contributed by atoms with Crippen LogP contribution in [0.4, 0.5) is 5.82 Å². The second-order valence-electron chi connectivity index (χ2n) is 8.76. The molecule has 6 heteroatoms. The number of carbonyl (C=O) groups excluding carboxylic acids is 1. The van der Waals surface area contributed by atoms with Crippen molar-refractivity contribution in [3.63, 3.8) is 0 Å². The van der Waals surface area contributed by atoms with Gasteiger partial charge in [-0.3, -0.25) is 9.78 Å². The summed E-state index contributed by atoms with van der Waals surface area (Å²) in [6, 6.07) is 18.5. The Bertz CT molecular complexity index is 1300. The summed E-state index contributed by atoms with van der Waals surface area (Å²) < 4.78 is 8.11. The number of benzene rings is 2. The fraction of sp³-hybridized carbons (Fsp3) is 0.269. The minimum absolute atomic E-state index is 0.0236. The van der Waals surface area contributed by atoms with Crippen molar-refractivity contribution in [3.8, 4) is 5.69 Å². The third-order valence-corrected chi connectivity index (χ3v) is 6.88. The van der Waals surface area contributed by atoms with E-state index in [-0.39, 0.29) is 17.4 Å². The SMILES string of the molecule is O=C(Nc1cn(-c2cnc3ccccc3c2)cn1)C1CCC2(CC1)OCc1ccccc12. The zero-order valence-electron chi connectivity index (χ0n) is 17.7. The van der Waals surface area contributed by atoms with Gasteiger partial charge in [0.05, 0.1) is 35.8 Å². The molecule has 0 saturated heterocycles. The van der Waals surface area contributed by atoms with Crippen LogP contribution in [0.2, 0.25) is 0 Å². The molecule has 160 valence electrons. The van der Waals surface area contributed by atoms with Gasteiger partial charge in [0.25, 0.3) is 0 Å². The Balaban J connectivity index is 1.13. The summed E-state index contributed by atoms with van der Waals surface area (Å²) in [5.41, 5.74) is 4.24. The molecule has 1 spiro atoms. The first-order valence-corrected chi connectivity index (χ1v) is 11.1. The Morgan fingerprint density at radius 2 is 1.88 bits per heavy atom. The second kappa shape index (κ2) is 7.57. The Morgan fingerprint density at radius 3 is 2.78 bits per heavy atom. The maximum Gasteiger partial charge on any atom is 0.228 e. The number of para-hydroxylation sites is 1. The van der Waals surface area contributed by atoms with E-state index in [2.05, 4.69) is 45.6 Å². The van der Waals surface area contributed by atoms with Gasteiger partial charge in [-0.1, -0.05) is 42.5 Å². The number of imidazole rings is 1. The Morgan fingerprint density at radius 1 is 1.06 bits per heavy atom. The molecule has 1 fully saturated rings. The number of aromatic nitrogens is 3. The number of nitrogens with zero attached hydrogens (tertiary/aromatic N) is 3. The second-order valence-corrected chi connectivity index (χ2v) is 8.76. The number of nitrogens with one attached hydrogen (secondary N) is 1.